The first kappa shape index (κ1) is 53.1. The third kappa shape index (κ3) is 12.1. The molecule has 1 aromatic carbocycles. The Morgan fingerprint density at radius 2 is 1.52 bits per heavy atom. The molecular weight excluding hydrogens is 841 g/mol. The van der Waals surface area contributed by atoms with Gasteiger partial charge in [0.2, 0.25) is 0 Å². The smallest absolute Gasteiger partial charge is 0.309 e. The van der Waals surface area contributed by atoms with Gasteiger partial charge in [0, 0.05) is 42.5 Å². The largest absolute Gasteiger partial charge is 0.458 e. The fourth-order valence-corrected chi connectivity index (χ4v) is 18.0. The number of cyclic esters (lactones) is 1. The standard InChI is InChI=1S/C50H88N2O6SSi3/c1-18-61(19-2,20-3)57-43-35-45(53)56-40(37(8)33-44-51-39-28-24-25-29-41(39)59-44)34-42-50(15,52(42)31-32-55-60(16,17)48(10,11)12)30-26-27-36(7)46(38(9)47(54)49(43,13)14)58-62(21-4,22-5)23-6/h24-25,28-29,33,36,38,40,42-43,46H,18-23,26-27,30-32,34-35H2,1-17H3/b37-33+/t36-,38+,40-,42-,43-,46?,50+,52?/m0/s1. The van der Waals surface area contributed by atoms with Crippen LogP contribution in [0.4, 0.5) is 0 Å². The van der Waals surface area contributed by atoms with Crippen LogP contribution in [0, 0.1) is 17.3 Å². The van der Waals surface area contributed by atoms with Crippen LogP contribution in [0.25, 0.3) is 16.3 Å². The van der Waals surface area contributed by atoms with Crippen molar-refractivity contribution >= 4 is 64.3 Å². The second-order valence-electron chi connectivity index (χ2n) is 21.4. The summed E-state index contributed by atoms with van der Waals surface area (Å²) in [5.74, 6) is -0.346. The second-order valence-corrected chi connectivity index (χ2v) is 36.7. The third-order valence-electron chi connectivity index (χ3n) is 16.4. The van der Waals surface area contributed by atoms with E-state index in [1.54, 1.807) is 11.3 Å². The Morgan fingerprint density at radius 1 is 0.935 bits per heavy atom. The van der Waals surface area contributed by atoms with E-state index in [1.807, 2.05) is 32.0 Å². The zero-order valence-electron chi connectivity index (χ0n) is 42.3. The highest BCUT2D eigenvalue weighted by molar-refractivity contribution is 7.19. The molecule has 2 aromatic rings. The van der Waals surface area contributed by atoms with Gasteiger partial charge in [-0.15, -0.1) is 11.3 Å². The highest BCUT2D eigenvalue weighted by Crippen LogP contribution is 2.49. The van der Waals surface area contributed by atoms with Crippen molar-refractivity contribution in [3.8, 4) is 0 Å². The van der Waals surface area contributed by atoms with Crippen molar-refractivity contribution in [2.45, 2.75) is 220 Å². The van der Waals surface area contributed by atoms with Gasteiger partial charge >= 0.3 is 5.97 Å². The van der Waals surface area contributed by atoms with Crippen LogP contribution in [-0.2, 0) is 27.6 Å². The highest BCUT2D eigenvalue weighted by Gasteiger charge is 2.59. The molecule has 8 nitrogen and oxygen atoms in total. The summed E-state index contributed by atoms with van der Waals surface area (Å²) in [5.41, 5.74) is 0.930. The number of hydrogen-bond acceptors (Lipinski definition) is 9. The van der Waals surface area contributed by atoms with Crippen LogP contribution < -0.4 is 0 Å². The summed E-state index contributed by atoms with van der Waals surface area (Å²) in [6.45, 7) is 39.5. The first-order chi connectivity index (χ1) is 28.9. The number of nitrogens with zero attached hydrogens (tertiary/aromatic N) is 2. The summed E-state index contributed by atoms with van der Waals surface area (Å²) in [7, 11) is -6.30. The summed E-state index contributed by atoms with van der Waals surface area (Å²) in [6.07, 6.45) is 4.55. The van der Waals surface area contributed by atoms with E-state index in [2.05, 4.69) is 120 Å². The van der Waals surface area contributed by atoms with Crippen molar-refractivity contribution in [2.24, 2.45) is 17.3 Å². The molecule has 2 fully saturated rings. The molecule has 2 aliphatic heterocycles. The minimum atomic E-state index is -2.27. The van der Waals surface area contributed by atoms with Crippen molar-refractivity contribution in [3.05, 3.63) is 34.8 Å². The first-order valence-electron chi connectivity index (χ1n) is 24.5. The van der Waals surface area contributed by atoms with Crippen molar-refractivity contribution in [1.82, 2.24) is 9.88 Å². The Labute approximate surface area is 385 Å². The summed E-state index contributed by atoms with van der Waals surface area (Å²) in [5, 5.41) is 1.04. The Kier molecular flexibility index (Phi) is 18.3. The van der Waals surface area contributed by atoms with Gasteiger partial charge in [-0.25, -0.2) is 4.98 Å². The number of aromatic nitrogens is 1. The van der Waals surface area contributed by atoms with Gasteiger partial charge in [0.25, 0.3) is 0 Å². The molecule has 0 bridgehead atoms. The molecule has 0 N–H and O–H groups in total. The van der Waals surface area contributed by atoms with Crippen LogP contribution in [0.15, 0.2) is 29.8 Å². The van der Waals surface area contributed by atoms with Crippen molar-refractivity contribution in [3.63, 3.8) is 0 Å². The molecule has 8 atom stereocenters. The van der Waals surface area contributed by atoms with E-state index in [0.717, 1.165) is 82.9 Å². The molecule has 0 aliphatic carbocycles. The molecule has 0 saturated carbocycles. The first-order valence-corrected chi connectivity index (χ1v) is 33.2. The third-order valence-corrected chi connectivity index (χ3v) is 31.2. The fraction of sp³-hybridized carbons (Fsp3) is 0.780. The molecule has 0 amide bonds. The molecule has 2 unspecified atom stereocenters. The normalized spacial score (nSPS) is 28.8. The number of ether oxygens (including phenoxy) is 1. The number of carbonyl (C=O) groups excluding carboxylic acids is 2. The maximum absolute atomic E-state index is 15.3. The van der Waals surface area contributed by atoms with E-state index in [1.165, 1.54) is 0 Å². The number of ketones is 1. The lowest BCUT2D eigenvalue weighted by atomic mass is 9.73. The van der Waals surface area contributed by atoms with E-state index < -0.39 is 42.6 Å². The lowest BCUT2D eigenvalue weighted by Gasteiger charge is -2.44. The lowest BCUT2D eigenvalue weighted by molar-refractivity contribution is -0.153. The summed E-state index contributed by atoms with van der Waals surface area (Å²) in [6, 6.07) is 14.3. The van der Waals surface area contributed by atoms with Gasteiger partial charge in [-0.1, -0.05) is 109 Å². The van der Waals surface area contributed by atoms with Gasteiger partial charge in [-0.05, 0) is 111 Å². The molecule has 62 heavy (non-hydrogen) atoms. The van der Waals surface area contributed by atoms with Crippen LogP contribution in [0.5, 0.6) is 0 Å². The van der Waals surface area contributed by atoms with E-state index >= 15 is 4.79 Å². The van der Waals surface area contributed by atoms with Crippen molar-refractivity contribution in [1.29, 1.82) is 0 Å². The Bertz CT molecular complexity index is 1770. The van der Waals surface area contributed by atoms with Crippen LogP contribution in [-0.4, -0.2) is 89.6 Å². The minimum Gasteiger partial charge on any atom is -0.458 e. The number of benzene rings is 1. The number of hydrogen-bond donors (Lipinski definition) is 0. The Hall–Kier alpha value is -1.52. The molecule has 2 aliphatic rings. The average Bonchev–Trinajstić information content (AvgIpc) is 3.53. The van der Waals surface area contributed by atoms with E-state index in [0.29, 0.717) is 13.0 Å². The fourth-order valence-electron chi connectivity index (χ4n) is 10.0. The number of Topliss-reactive ketones (excluding diaryl/α,β-unsaturated/α-hetero) is 1. The predicted octanol–water partition coefficient (Wildman–Crippen LogP) is 13.7. The summed E-state index contributed by atoms with van der Waals surface area (Å²) >= 11 is 1.66. The van der Waals surface area contributed by atoms with Gasteiger partial charge in [0.15, 0.2) is 25.0 Å². The number of rotatable bonds is 16. The molecule has 1 aromatic heterocycles. The number of thiazole rings is 1. The predicted molar refractivity (Wildman–Crippen MR) is 270 cm³/mol. The van der Waals surface area contributed by atoms with Gasteiger partial charge < -0.3 is 18.0 Å². The zero-order valence-corrected chi connectivity index (χ0v) is 46.1. The van der Waals surface area contributed by atoms with Crippen LogP contribution in [0.1, 0.15) is 141 Å². The van der Waals surface area contributed by atoms with E-state index in [4.69, 9.17) is 23.0 Å². The van der Waals surface area contributed by atoms with Gasteiger partial charge in [-0.3, -0.25) is 14.5 Å². The maximum Gasteiger partial charge on any atom is 0.309 e. The van der Waals surface area contributed by atoms with Gasteiger partial charge in [-0.2, -0.15) is 0 Å². The molecule has 2 saturated heterocycles. The topological polar surface area (TPSA) is 87.0 Å². The zero-order chi connectivity index (χ0) is 46.5. The number of esters is 1. The minimum absolute atomic E-state index is 0.0236. The van der Waals surface area contributed by atoms with E-state index in [9.17, 15) is 4.79 Å². The number of fused-ring (bicyclic) bond motifs is 2. The highest BCUT2D eigenvalue weighted by atomic mass is 32.1. The molecule has 352 valence electrons. The SMILES string of the molecule is CC[Si](CC)(CC)OC1[C@@H](C)CCC[C@]2(C)[C@H](C[C@@H](/C(C)=C/c3nc4ccccc4s3)OC(=O)C[C@H](O[Si](CC)(CC)CC)C(C)(C)C(=O)[C@@H]1C)N2CCO[Si](C)(C)C(C)(C)C. The number of carbonyl (C=O) groups is 2. The van der Waals surface area contributed by atoms with Crippen LogP contribution >= 0.6 is 11.3 Å². The molecule has 0 radical (unpaired) electrons. The molecule has 12 heteroatoms. The summed E-state index contributed by atoms with van der Waals surface area (Å²) in [4.78, 5) is 37.5. The maximum atomic E-state index is 15.3. The van der Waals surface area contributed by atoms with Gasteiger partial charge in [0.1, 0.15) is 16.9 Å². The summed E-state index contributed by atoms with van der Waals surface area (Å²) < 4.78 is 29.3. The lowest BCUT2D eigenvalue weighted by Crippen LogP contribution is -2.53. The average molecular weight is 930 g/mol. The van der Waals surface area contributed by atoms with Gasteiger partial charge in [0.05, 0.1) is 28.8 Å². The Morgan fingerprint density at radius 3 is 2.08 bits per heavy atom. The second kappa shape index (κ2) is 21.4. The molecular formula is C50H88N2O6SSi3. The molecule has 4 rings (SSSR count). The monoisotopic (exact) mass is 929 g/mol. The van der Waals surface area contributed by atoms with Crippen LogP contribution in [0.3, 0.4) is 0 Å². The molecule has 0 spiro atoms. The van der Waals surface area contributed by atoms with Crippen LogP contribution in [0.2, 0.25) is 54.4 Å². The molecule has 3 heterocycles. The Balaban J connectivity index is 1.82. The number of para-hydroxylation sites is 1. The van der Waals surface area contributed by atoms with Crippen molar-refractivity contribution < 1.29 is 27.6 Å². The van der Waals surface area contributed by atoms with E-state index in [-0.39, 0.29) is 52.7 Å². The van der Waals surface area contributed by atoms with Crippen molar-refractivity contribution in [2.75, 3.05) is 13.2 Å². The quantitative estimate of drug-likeness (QED) is 0.0935.